The van der Waals surface area contributed by atoms with Crippen molar-refractivity contribution in [3.8, 4) is 0 Å². The SMILES string of the molecule is CC(O)CO.O=C[C@H](OCC(O)CO)[C@@H](O)[C@H](O)[C@H](O)CO. The molecule has 0 amide bonds. The van der Waals surface area contributed by atoms with Gasteiger partial charge in [0.05, 0.1) is 32.5 Å². The molecule has 6 atom stereocenters. The van der Waals surface area contributed by atoms with E-state index in [4.69, 9.17) is 35.4 Å². The number of carbonyl (C=O) groups excluding carboxylic acids is 1. The molecule has 0 radical (unpaired) electrons. The van der Waals surface area contributed by atoms with E-state index in [0.29, 0.717) is 0 Å². The fourth-order valence-electron chi connectivity index (χ4n) is 1.02. The van der Waals surface area contributed by atoms with Crippen molar-refractivity contribution in [1.29, 1.82) is 0 Å². The fourth-order valence-corrected chi connectivity index (χ4v) is 1.02. The molecule has 0 aliphatic rings. The predicted molar refractivity (Wildman–Crippen MR) is 72.8 cm³/mol. The van der Waals surface area contributed by atoms with Crippen molar-refractivity contribution in [2.45, 2.75) is 43.5 Å². The average molecular weight is 330 g/mol. The first kappa shape index (κ1) is 23.6. The minimum Gasteiger partial charge on any atom is -0.394 e. The molecule has 0 rings (SSSR count). The molecule has 0 saturated carbocycles. The monoisotopic (exact) mass is 330 g/mol. The van der Waals surface area contributed by atoms with Crippen LogP contribution in [0.3, 0.4) is 0 Å². The van der Waals surface area contributed by atoms with Gasteiger partial charge in [-0.05, 0) is 6.92 Å². The zero-order valence-electron chi connectivity index (χ0n) is 12.3. The molecule has 2 unspecified atom stereocenters. The molecular weight excluding hydrogens is 304 g/mol. The Kier molecular flexibility index (Phi) is 14.9. The maximum Gasteiger partial charge on any atom is 0.151 e. The summed E-state index contributed by atoms with van der Waals surface area (Å²) in [7, 11) is 0. The quantitative estimate of drug-likeness (QED) is 0.181. The van der Waals surface area contributed by atoms with Crippen LogP contribution in [-0.2, 0) is 9.53 Å². The van der Waals surface area contributed by atoms with Crippen LogP contribution < -0.4 is 0 Å². The lowest BCUT2D eigenvalue weighted by molar-refractivity contribution is -0.151. The van der Waals surface area contributed by atoms with Gasteiger partial charge in [0.2, 0.25) is 0 Å². The van der Waals surface area contributed by atoms with E-state index < -0.39 is 56.4 Å². The van der Waals surface area contributed by atoms with Crippen LogP contribution in [0.4, 0.5) is 0 Å². The van der Waals surface area contributed by atoms with Gasteiger partial charge in [-0.15, -0.1) is 0 Å². The van der Waals surface area contributed by atoms with Gasteiger partial charge in [-0.2, -0.15) is 0 Å². The maximum absolute atomic E-state index is 10.6. The Morgan fingerprint density at radius 3 is 1.73 bits per heavy atom. The number of carbonyl (C=O) groups is 1. The third-order valence-electron chi connectivity index (χ3n) is 2.36. The lowest BCUT2D eigenvalue weighted by Gasteiger charge is -2.26. The van der Waals surface area contributed by atoms with Crippen molar-refractivity contribution in [2.24, 2.45) is 0 Å². The number of rotatable bonds is 10. The van der Waals surface area contributed by atoms with Crippen LogP contribution in [0.2, 0.25) is 0 Å². The number of hydrogen-bond acceptors (Lipinski definition) is 10. The molecule has 0 heterocycles. The van der Waals surface area contributed by atoms with Crippen LogP contribution in [0.25, 0.3) is 0 Å². The van der Waals surface area contributed by atoms with Crippen LogP contribution in [-0.4, -0.2) is 110 Å². The summed E-state index contributed by atoms with van der Waals surface area (Å²) in [5.74, 6) is 0. The van der Waals surface area contributed by atoms with E-state index in [9.17, 15) is 15.0 Å². The van der Waals surface area contributed by atoms with Gasteiger partial charge >= 0.3 is 0 Å². The fraction of sp³-hybridized carbons (Fsp3) is 0.917. The lowest BCUT2D eigenvalue weighted by atomic mass is 10.0. The van der Waals surface area contributed by atoms with Crippen LogP contribution in [0.15, 0.2) is 0 Å². The molecule has 0 aromatic rings. The van der Waals surface area contributed by atoms with Gasteiger partial charge in [-0.3, -0.25) is 0 Å². The second kappa shape index (κ2) is 13.9. The third kappa shape index (κ3) is 11.0. The minimum absolute atomic E-state index is 0.139. The first-order valence-corrected chi connectivity index (χ1v) is 6.54. The van der Waals surface area contributed by atoms with Crippen molar-refractivity contribution in [2.75, 3.05) is 26.4 Å². The summed E-state index contributed by atoms with van der Waals surface area (Å²) >= 11 is 0. The highest BCUT2D eigenvalue weighted by Crippen LogP contribution is 2.07. The highest BCUT2D eigenvalue weighted by atomic mass is 16.5. The van der Waals surface area contributed by atoms with E-state index in [-0.39, 0.29) is 12.9 Å². The van der Waals surface area contributed by atoms with E-state index >= 15 is 0 Å². The molecule has 8 N–H and O–H groups in total. The van der Waals surface area contributed by atoms with Crippen molar-refractivity contribution < 1.29 is 50.4 Å². The summed E-state index contributed by atoms with van der Waals surface area (Å²) in [5, 5.41) is 69.8. The Hall–Kier alpha value is -0.690. The molecule has 0 fully saturated rings. The largest absolute Gasteiger partial charge is 0.394 e. The summed E-state index contributed by atoms with van der Waals surface area (Å²) in [6.45, 7) is -0.397. The second-order valence-corrected chi connectivity index (χ2v) is 4.53. The van der Waals surface area contributed by atoms with Gasteiger partial charge < -0.3 is 50.4 Å². The van der Waals surface area contributed by atoms with Crippen molar-refractivity contribution in [3.05, 3.63) is 0 Å². The van der Waals surface area contributed by atoms with Crippen LogP contribution in [0, 0.1) is 0 Å². The lowest BCUT2D eigenvalue weighted by Crippen LogP contribution is -2.48. The average Bonchev–Trinajstić information content (AvgIpc) is 2.53. The van der Waals surface area contributed by atoms with Gasteiger partial charge in [0, 0.05) is 0 Å². The van der Waals surface area contributed by atoms with Gasteiger partial charge in [-0.25, -0.2) is 0 Å². The maximum atomic E-state index is 10.6. The van der Waals surface area contributed by atoms with E-state index in [2.05, 4.69) is 0 Å². The van der Waals surface area contributed by atoms with Gasteiger partial charge in [0.1, 0.15) is 30.5 Å². The smallest absolute Gasteiger partial charge is 0.151 e. The van der Waals surface area contributed by atoms with Crippen molar-refractivity contribution in [3.63, 3.8) is 0 Å². The van der Waals surface area contributed by atoms with Crippen molar-refractivity contribution >= 4 is 6.29 Å². The molecule has 0 aromatic carbocycles. The van der Waals surface area contributed by atoms with Gasteiger partial charge in [-0.1, -0.05) is 0 Å². The number of hydrogen-bond donors (Lipinski definition) is 8. The van der Waals surface area contributed by atoms with Gasteiger partial charge in [0.15, 0.2) is 6.29 Å². The number of aliphatic hydroxyl groups excluding tert-OH is 8. The Labute approximate surface area is 127 Å². The van der Waals surface area contributed by atoms with Crippen LogP contribution >= 0.6 is 0 Å². The number of aliphatic hydroxyl groups is 8. The summed E-state index contributed by atoms with van der Waals surface area (Å²) in [5.41, 5.74) is 0. The van der Waals surface area contributed by atoms with E-state index in [1.807, 2.05) is 0 Å². The number of aldehydes is 1. The van der Waals surface area contributed by atoms with E-state index in [1.54, 1.807) is 0 Å². The number of ether oxygens (including phenoxy) is 1. The molecule has 134 valence electrons. The van der Waals surface area contributed by atoms with Gasteiger partial charge in [0.25, 0.3) is 0 Å². The standard InChI is InChI=1S/C9H18O8.C3H8O2/c10-1-5(13)4-17-7(3-12)9(16)8(15)6(14)2-11;1-3(5)2-4/h3,5-11,13-16H,1-2,4H2;3-5H,2H2,1H3/t5?,6-,7+,8-,9-;/m1./s1. The van der Waals surface area contributed by atoms with Crippen LogP contribution in [0.5, 0.6) is 0 Å². The molecule has 22 heavy (non-hydrogen) atoms. The highest BCUT2D eigenvalue weighted by molar-refractivity contribution is 5.57. The molecule has 0 aromatic heterocycles. The Balaban J connectivity index is 0. The molecule has 0 saturated heterocycles. The molecule has 0 aliphatic heterocycles. The second-order valence-electron chi connectivity index (χ2n) is 4.53. The first-order valence-electron chi connectivity index (χ1n) is 6.54. The summed E-state index contributed by atoms with van der Waals surface area (Å²) in [4.78, 5) is 10.6. The van der Waals surface area contributed by atoms with Crippen LogP contribution in [0.1, 0.15) is 6.92 Å². The topological polar surface area (TPSA) is 188 Å². The molecule has 0 spiro atoms. The third-order valence-corrected chi connectivity index (χ3v) is 2.36. The van der Waals surface area contributed by atoms with E-state index in [1.165, 1.54) is 6.92 Å². The normalized spacial score (nSPS) is 19.1. The summed E-state index contributed by atoms with van der Waals surface area (Å²) in [6.07, 6.45) is -8.20. The zero-order valence-corrected chi connectivity index (χ0v) is 12.3. The first-order chi connectivity index (χ1) is 10.2. The molecule has 10 nitrogen and oxygen atoms in total. The predicted octanol–water partition coefficient (Wildman–Crippen LogP) is -4.64. The van der Waals surface area contributed by atoms with E-state index in [0.717, 1.165) is 0 Å². The molecule has 0 bridgehead atoms. The van der Waals surface area contributed by atoms with Crippen molar-refractivity contribution in [1.82, 2.24) is 0 Å². The Morgan fingerprint density at radius 1 is 0.909 bits per heavy atom. The Morgan fingerprint density at radius 2 is 1.41 bits per heavy atom. The molecule has 10 heteroatoms. The summed E-state index contributed by atoms with van der Waals surface area (Å²) in [6, 6.07) is 0. The summed E-state index contributed by atoms with van der Waals surface area (Å²) < 4.78 is 4.74. The minimum atomic E-state index is -1.76. The molecular formula is C12H26O10. The zero-order chi connectivity index (χ0) is 17.7. The highest BCUT2D eigenvalue weighted by Gasteiger charge is 2.31. The molecule has 0 aliphatic carbocycles. The Bertz CT molecular complexity index is 262.